The molecule has 2 heterocycles. The number of carbonyl (C=O) groups is 2. The van der Waals surface area contributed by atoms with E-state index in [2.05, 4.69) is 20.8 Å². The Labute approximate surface area is 158 Å². The predicted molar refractivity (Wildman–Crippen MR) is 98.5 cm³/mol. The highest BCUT2D eigenvalue weighted by Gasteiger charge is 2.27. The highest BCUT2D eigenvalue weighted by molar-refractivity contribution is 7.99. The lowest BCUT2D eigenvalue weighted by Gasteiger charge is -2.33. The van der Waals surface area contributed by atoms with Gasteiger partial charge in [0, 0.05) is 44.3 Å². The van der Waals surface area contributed by atoms with Crippen LogP contribution in [0.1, 0.15) is 51.4 Å². The molecule has 1 saturated heterocycles. The van der Waals surface area contributed by atoms with Crippen LogP contribution < -0.4 is 5.32 Å². The molecule has 0 bridgehead atoms. The Kier molecular flexibility index (Phi) is 6.87. The van der Waals surface area contributed by atoms with Gasteiger partial charge in [-0.1, -0.05) is 31.0 Å². The quantitative estimate of drug-likeness (QED) is 0.750. The maximum Gasteiger partial charge on any atom is 0.223 e. The summed E-state index contributed by atoms with van der Waals surface area (Å²) in [6, 6.07) is 0.215. The Bertz CT molecular complexity index is 608. The summed E-state index contributed by atoms with van der Waals surface area (Å²) in [5.41, 5.74) is 0. The zero-order valence-electron chi connectivity index (χ0n) is 15.4. The summed E-state index contributed by atoms with van der Waals surface area (Å²) in [5, 5.41) is 15.2. The number of nitrogens with one attached hydrogen (secondary N) is 1. The molecule has 1 aromatic heterocycles. The van der Waals surface area contributed by atoms with Crippen molar-refractivity contribution in [1.82, 2.24) is 30.4 Å². The zero-order valence-corrected chi connectivity index (χ0v) is 16.2. The molecule has 9 heteroatoms. The third-order valence-corrected chi connectivity index (χ3v) is 6.31. The predicted octanol–water partition coefficient (Wildman–Crippen LogP) is 1.38. The Morgan fingerprint density at radius 1 is 1.15 bits per heavy atom. The molecule has 1 aliphatic heterocycles. The van der Waals surface area contributed by atoms with Gasteiger partial charge < -0.3 is 10.2 Å². The number of piperidine rings is 1. The van der Waals surface area contributed by atoms with Crippen molar-refractivity contribution in [2.45, 2.75) is 62.6 Å². The second-order valence-corrected chi connectivity index (χ2v) is 8.24. The molecule has 2 aliphatic rings. The van der Waals surface area contributed by atoms with Crippen LogP contribution >= 0.6 is 11.8 Å². The van der Waals surface area contributed by atoms with Crippen molar-refractivity contribution < 1.29 is 9.59 Å². The molecule has 3 rings (SSSR count). The van der Waals surface area contributed by atoms with Crippen LogP contribution in [0, 0.1) is 5.92 Å². The van der Waals surface area contributed by atoms with E-state index >= 15 is 0 Å². The van der Waals surface area contributed by atoms with Gasteiger partial charge in [-0.2, -0.15) is 0 Å². The number of tetrazole rings is 1. The van der Waals surface area contributed by atoms with Crippen molar-refractivity contribution >= 4 is 23.6 Å². The molecule has 0 aromatic carbocycles. The Morgan fingerprint density at radius 3 is 2.54 bits per heavy atom. The number of likely N-dealkylation sites (tertiary alicyclic amines) is 1. The fraction of sp³-hybridized carbons (Fsp3) is 0.824. The summed E-state index contributed by atoms with van der Waals surface area (Å²) in [6.45, 7) is 1.45. The topological polar surface area (TPSA) is 93.0 Å². The molecule has 0 spiro atoms. The Morgan fingerprint density at radius 2 is 1.88 bits per heavy atom. The molecule has 1 aliphatic carbocycles. The Hall–Kier alpha value is -1.64. The van der Waals surface area contributed by atoms with E-state index in [0.29, 0.717) is 12.2 Å². The van der Waals surface area contributed by atoms with Crippen LogP contribution in [0.3, 0.4) is 0 Å². The largest absolute Gasteiger partial charge is 0.353 e. The molecule has 2 amide bonds. The molecule has 0 radical (unpaired) electrons. The third kappa shape index (κ3) is 5.18. The van der Waals surface area contributed by atoms with E-state index in [1.54, 1.807) is 11.7 Å². The Balaban J connectivity index is 1.34. The van der Waals surface area contributed by atoms with E-state index in [0.717, 1.165) is 43.9 Å². The molecule has 0 atom stereocenters. The number of aromatic nitrogens is 4. The van der Waals surface area contributed by atoms with Crippen molar-refractivity contribution in [2.24, 2.45) is 13.0 Å². The molecule has 1 N–H and O–H groups in total. The molecule has 1 aromatic rings. The number of aryl methyl sites for hydroxylation is 1. The molecule has 26 heavy (non-hydrogen) atoms. The standard InChI is InChI=1S/C17H28N6O2S/c1-22-17(19-20-21-22)26-12-9-15(24)23-10-7-14(8-11-23)18-16(25)13-5-3-2-4-6-13/h13-14H,2-12H2,1H3,(H,18,25). The molecule has 144 valence electrons. The molecular weight excluding hydrogens is 352 g/mol. The van der Waals surface area contributed by atoms with Gasteiger partial charge in [-0.3, -0.25) is 9.59 Å². The van der Waals surface area contributed by atoms with Gasteiger partial charge in [-0.25, -0.2) is 4.68 Å². The lowest BCUT2D eigenvalue weighted by Crippen LogP contribution is -2.48. The lowest BCUT2D eigenvalue weighted by molar-refractivity contribution is -0.132. The number of nitrogens with zero attached hydrogens (tertiary/aromatic N) is 5. The summed E-state index contributed by atoms with van der Waals surface area (Å²) in [7, 11) is 1.79. The van der Waals surface area contributed by atoms with Crippen molar-refractivity contribution in [3.63, 3.8) is 0 Å². The third-order valence-electron chi connectivity index (χ3n) is 5.30. The first-order valence-corrected chi connectivity index (χ1v) is 10.6. The number of hydrogen-bond acceptors (Lipinski definition) is 6. The second kappa shape index (κ2) is 9.34. The molecule has 0 unspecified atom stereocenters. The maximum absolute atomic E-state index is 12.4. The number of hydrogen-bond donors (Lipinski definition) is 1. The van der Waals surface area contributed by atoms with Crippen LogP contribution in [0.15, 0.2) is 5.16 Å². The van der Waals surface area contributed by atoms with E-state index in [9.17, 15) is 9.59 Å². The minimum atomic E-state index is 0.171. The fourth-order valence-electron chi connectivity index (χ4n) is 3.69. The van der Waals surface area contributed by atoms with Crippen LogP contribution in [0.4, 0.5) is 0 Å². The van der Waals surface area contributed by atoms with Gasteiger partial charge in [0.15, 0.2) is 0 Å². The first-order valence-electron chi connectivity index (χ1n) is 9.57. The normalized spacial score (nSPS) is 19.5. The summed E-state index contributed by atoms with van der Waals surface area (Å²) in [6.07, 6.45) is 7.85. The van der Waals surface area contributed by atoms with Crippen LogP contribution in [-0.4, -0.2) is 61.8 Å². The molecule has 8 nitrogen and oxygen atoms in total. The highest BCUT2D eigenvalue weighted by atomic mass is 32.2. The van der Waals surface area contributed by atoms with Crippen LogP contribution in [0.5, 0.6) is 0 Å². The number of thioether (sulfide) groups is 1. The van der Waals surface area contributed by atoms with Crippen molar-refractivity contribution in [3.05, 3.63) is 0 Å². The van der Waals surface area contributed by atoms with Gasteiger partial charge in [-0.05, 0) is 36.1 Å². The van der Waals surface area contributed by atoms with E-state index in [1.807, 2.05) is 4.90 Å². The zero-order chi connectivity index (χ0) is 18.4. The second-order valence-electron chi connectivity index (χ2n) is 7.18. The number of amides is 2. The molecular formula is C17H28N6O2S. The van der Waals surface area contributed by atoms with Gasteiger partial charge in [0.1, 0.15) is 0 Å². The monoisotopic (exact) mass is 380 g/mol. The van der Waals surface area contributed by atoms with E-state index < -0.39 is 0 Å². The fourth-order valence-corrected chi connectivity index (χ4v) is 4.47. The summed E-state index contributed by atoms with van der Waals surface area (Å²) in [4.78, 5) is 26.6. The molecule has 1 saturated carbocycles. The summed E-state index contributed by atoms with van der Waals surface area (Å²) in [5.74, 6) is 1.27. The van der Waals surface area contributed by atoms with Gasteiger partial charge in [0.25, 0.3) is 0 Å². The smallest absolute Gasteiger partial charge is 0.223 e. The van der Waals surface area contributed by atoms with Gasteiger partial charge in [0.2, 0.25) is 17.0 Å². The van der Waals surface area contributed by atoms with Crippen LogP contribution in [-0.2, 0) is 16.6 Å². The number of rotatable bonds is 6. The first kappa shape index (κ1) is 19.1. The lowest BCUT2D eigenvalue weighted by atomic mass is 9.88. The summed E-state index contributed by atoms with van der Waals surface area (Å²) >= 11 is 1.49. The SMILES string of the molecule is Cn1nnnc1SCCC(=O)N1CCC(NC(=O)C2CCCCC2)CC1. The highest BCUT2D eigenvalue weighted by Crippen LogP contribution is 2.24. The average Bonchev–Trinajstić information content (AvgIpc) is 3.08. The van der Waals surface area contributed by atoms with Gasteiger partial charge in [-0.15, -0.1) is 5.10 Å². The van der Waals surface area contributed by atoms with Crippen molar-refractivity contribution in [1.29, 1.82) is 0 Å². The molecule has 2 fully saturated rings. The van der Waals surface area contributed by atoms with Crippen molar-refractivity contribution in [3.8, 4) is 0 Å². The van der Waals surface area contributed by atoms with Gasteiger partial charge in [0.05, 0.1) is 0 Å². The van der Waals surface area contributed by atoms with E-state index in [4.69, 9.17) is 0 Å². The number of carbonyl (C=O) groups excluding carboxylic acids is 2. The average molecular weight is 381 g/mol. The minimum Gasteiger partial charge on any atom is -0.353 e. The van der Waals surface area contributed by atoms with E-state index in [1.165, 1.54) is 31.0 Å². The van der Waals surface area contributed by atoms with Gasteiger partial charge >= 0.3 is 0 Å². The minimum absolute atomic E-state index is 0.171. The first-order chi connectivity index (χ1) is 12.6. The van der Waals surface area contributed by atoms with E-state index in [-0.39, 0.29) is 23.8 Å². The van der Waals surface area contributed by atoms with Crippen LogP contribution in [0.25, 0.3) is 0 Å². The summed E-state index contributed by atoms with van der Waals surface area (Å²) < 4.78 is 1.61. The maximum atomic E-state index is 12.4. The van der Waals surface area contributed by atoms with Crippen LogP contribution in [0.2, 0.25) is 0 Å². The van der Waals surface area contributed by atoms with Crippen molar-refractivity contribution in [2.75, 3.05) is 18.8 Å².